The molecule has 9 nitrogen and oxygen atoms in total. The largest absolute Gasteiger partial charge is 0.480 e. The zero-order chi connectivity index (χ0) is 26.1. The summed E-state index contributed by atoms with van der Waals surface area (Å²) in [7, 11) is 0.322. The molecule has 0 fully saturated rings. The van der Waals surface area contributed by atoms with Crippen LogP contribution in [-0.2, 0) is 17.6 Å². The van der Waals surface area contributed by atoms with E-state index in [-0.39, 0.29) is 12.1 Å². The van der Waals surface area contributed by atoms with E-state index in [1.54, 1.807) is 12.2 Å². The Bertz CT molecular complexity index is 1160. The Balaban J connectivity index is 1.85. The highest BCUT2D eigenvalue weighted by Crippen LogP contribution is 2.36. The monoisotopic (exact) mass is 509 g/mol. The topological polar surface area (TPSA) is 120 Å². The summed E-state index contributed by atoms with van der Waals surface area (Å²) in [6, 6.07) is 5.74. The first kappa shape index (κ1) is 27.3. The Labute approximate surface area is 216 Å². The Kier molecular flexibility index (Phi) is 9.98. The molecule has 11 heteroatoms. The number of hydrogen-bond acceptors (Lipinski definition) is 7. The van der Waals surface area contributed by atoms with E-state index in [0.29, 0.717) is 23.5 Å². The van der Waals surface area contributed by atoms with Crippen LogP contribution in [0.4, 0.5) is 10.5 Å². The molecule has 0 unspecified atom stereocenters. The minimum atomic E-state index is -1.51. The van der Waals surface area contributed by atoms with Crippen molar-refractivity contribution in [2.24, 2.45) is 0 Å². The molecule has 0 bridgehead atoms. The van der Waals surface area contributed by atoms with Crippen molar-refractivity contribution in [3.63, 3.8) is 0 Å². The number of rotatable bonds is 11. The quantitative estimate of drug-likeness (QED) is 0.121. The van der Waals surface area contributed by atoms with Crippen molar-refractivity contribution >= 4 is 42.6 Å². The van der Waals surface area contributed by atoms with Gasteiger partial charge in [-0.15, -0.1) is 0 Å². The number of aryl methyl sites for hydroxylation is 1. The van der Waals surface area contributed by atoms with Crippen LogP contribution in [0.3, 0.4) is 0 Å². The van der Waals surface area contributed by atoms with E-state index in [4.69, 9.17) is 10.0 Å². The van der Waals surface area contributed by atoms with Crippen LogP contribution in [0.25, 0.3) is 5.57 Å². The molecular weight excluding hydrogens is 477 g/mol. The van der Waals surface area contributed by atoms with Gasteiger partial charge in [-0.3, -0.25) is 14.2 Å². The van der Waals surface area contributed by atoms with Crippen LogP contribution in [0.2, 0.25) is 0 Å². The third kappa shape index (κ3) is 7.61. The molecule has 0 radical (unpaired) electrons. The molecule has 0 saturated heterocycles. The highest BCUT2D eigenvalue weighted by Gasteiger charge is 2.21. The molecule has 0 aliphatic heterocycles. The molecule has 2 amide bonds. The lowest BCUT2D eigenvalue weighted by atomic mass is 9.92. The second-order valence-electron chi connectivity index (χ2n) is 8.73. The average Bonchev–Trinajstić information content (AvgIpc) is 3.50. The SMILES string of the molecule is CC(C)n1ccc(SNC(=O)Nc2c(C(/C=C\C=O)=C/N(C)C/C=C/B(O)O)ccc3c2CCC3)n1. The van der Waals surface area contributed by atoms with Gasteiger partial charge in [0, 0.05) is 49.5 Å². The summed E-state index contributed by atoms with van der Waals surface area (Å²) in [6.45, 7) is 4.49. The van der Waals surface area contributed by atoms with E-state index < -0.39 is 7.12 Å². The minimum absolute atomic E-state index is 0.231. The maximum atomic E-state index is 12.9. The van der Waals surface area contributed by atoms with Gasteiger partial charge in [0.25, 0.3) is 0 Å². The number of fused-ring (bicyclic) bond motifs is 1. The average molecular weight is 509 g/mol. The zero-order valence-corrected chi connectivity index (χ0v) is 21.5. The van der Waals surface area contributed by atoms with Crippen LogP contribution in [0, 0.1) is 0 Å². The number of benzene rings is 1. The van der Waals surface area contributed by atoms with Crippen LogP contribution in [-0.4, -0.2) is 57.8 Å². The van der Waals surface area contributed by atoms with Crippen LogP contribution in [0.15, 0.2) is 59.8 Å². The van der Waals surface area contributed by atoms with Gasteiger partial charge in [0.1, 0.15) is 11.3 Å². The number of likely N-dealkylation sites (N-methyl/N-ethyl adjacent to an activating group) is 1. The number of nitrogens with zero attached hydrogens (tertiary/aromatic N) is 3. The molecule has 1 heterocycles. The van der Waals surface area contributed by atoms with E-state index in [9.17, 15) is 9.59 Å². The molecule has 1 aromatic carbocycles. The van der Waals surface area contributed by atoms with Gasteiger partial charge < -0.3 is 20.3 Å². The second-order valence-corrected chi connectivity index (χ2v) is 9.55. The number of allylic oxidation sites excluding steroid dienone is 3. The van der Waals surface area contributed by atoms with Crippen LogP contribution in [0.1, 0.15) is 43.0 Å². The smallest absolute Gasteiger partial charge is 0.424 e. The summed E-state index contributed by atoms with van der Waals surface area (Å²) in [5.74, 6) is 1.28. The summed E-state index contributed by atoms with van der Waals surface area (Å²) in [5, 5.41) is 26.2. The Hall–Kier alpha value is -3.28. The predicted molar refractivity (Wildman–Crippen MR) is 144 cm³/mol. The van der Waals surface area contributed by atoms with Crippen LogP contribution >= 0.6 is 11.9 Å². The molecule has 1 aromatic heterocycles. The number of aromatic nitrogens is 2. The first-order valence-corrected chi connectivity index (χ1v) is 12.6. The maximum Gasteiger partial charge on any atom is 0.480 e. The normalized spacial score (nSPS) is 13.4. The van der Waals surface area contributed by atoms with Gasteiger partial charge in [-0.05, 0) is 68.0 Å². The molecule has 190 valence electrons. The van der Waals surface area contributed by atoms with Gasteiger partial charge in [0.2, 0.25) is 0 Å². The van der Waals surface area contributed by atoms with Crippen molar-refractivity contribution in [1.82, 2.24) is 19.4 Å². The van der Waals surface area contributed by atoms with Crippen molar-refractivity contribution in [2.75, 3.05) is 18.9 Å². The van der Waals surface area contributed by atoms with E-state index >= 15 is 0 Å². The van der Waals surface area contributed by atoms with Crippen molar-refractivity contribution in [3.05, 3.63) is 71.5 Å². The summed E-state index contributed by atoms with van der Waals surface area (Å²) in [4.78, 5) is 25.9. The fraction of sp³-hybridized carbons (Fsp3) is 0.320. The first-order valence-electron chi connectivity index (χ1n) is 11.8. The van der Waals surface area contributed by atoms with Crippen LogP contribution in [0.5, 0.6) is 0 Å². The standard InChI is InChI=1S/C25H32BN5O4S/c1-18(2)31-15-12-23(28-31)36-29-25(33)27-24-21-9-4-7-19(21)10-11-22(24)20(8-5-16-32)17-30(3)14-6-13-26(34)35/h5-6,8,10-13,15-18,34-35H,4,7,9,14H2,1-3H3,(H2,27,29,33)/b8-5-,13-6+,20-17+. The van der Waals surface area contributed by atoms with Gasteiger partial charge in [-0.1, -0.05) is 24.2 Å². The van der Waals surface area contributed by atoms with Crippen molar-refractivity contribution < 1.29 is 19.6 Å². The summed E-state index contributed by atoms with van der Waals surface area (Å²) in [6.07, 6.45) is 12.0. The fourth-order valence-electron chi connectivity index (χ4n) is 3.93. The van der Waals surface area contributed by atoms with Crippen molar-refractivity contribution in [3.8, 4) is 0 Å². The van der Waals surface area contributed by atoms with Gasteiger partial charge in [-0.25, -0.2) is 4.79 Å². The molecule has 0 atom stereocenters. The van der Waals surface area contributed by atoms with E-state index in [1.807, 2.05) is 55.0 Å². The number of urea groups is 1. The number of amides is 2. The molecule has 36 heavy (non-hydrogen) atoms. The predicted octanol–water partition coefficient (Wildman–Crippen LogP) is 3.38. The minimum Gasteiger partial charge on any atom is -0.424 e. The molecule has 2 aromatic rings. The number of carbonyl (C=O) groups excluding carboxylic acids is 2. The van der Waals surface area contributed by atoms with Gasteiger partial charge >= 0.3 is 13.1 Å². The van der Waals surface area contributed by atoms with E-state index in [2.05, 4.69) is 21.2 Å². The lowest BCUT2D eigenvalue weighted by molar-refractivity contribution is -0.104. The second kappa shape index (κ2) is 13.1. The van der Waals surface area contributed by atoms with Gasteiger partial charge in [0.05, 0.1) is 5.69 Å². The molecule has 4 N–H and O–H groups in total. The lowest BCUT2D eigenvalue weighted by Crippen LogP contribution is -2.24. The number of aldehydes is 1. The lowest BCUT2D eigenvalue weighted by Gasteiger charge is -2.19. The Morgan fingerprint density at radius 1 is 1.31 bits per heavy atom. The third-order valence-corrected chi connectivity index (χ3v) is 6.32. The number of hydrogen-bond donors (Lipinski definition) is 4. The molecular formula is C25H32BN5O4S. The maximum absolute atomic E-state index is 12.9. The number of carbonyl (C=O) groups is 2. The van der Waals surface area contributed by atoms with Gasteiger partial charge in [-0.2, -0.15) is 5.10 Å². The van der Waals surface area contributed by atoms with Crippen molar-refractivity contribution in [2.45, 2.75) is 44.2 Å². The van der Waals surface area contributed by atoms with Gasteiger partial charge in [0.15, 0.2) is 0 Å². The first-order chi connectivity index (χ1) is 17.3. The van der Waals surface area contributed by atoms with Crippen molar-refractivity contribution in [1.29, 1.82) is 0 Å². The fourth-order valence-corrected chi connectivity index (χ4v) is 4.45. The Morgan fingerprint density at radius 3 is 2.81 bits per heavy atom. The molecule has 0 saturated carbocycles. The number of nitrogens with one attached hydrogen (secondary N) is 2. The highest BCUT2D eigenvalue weighted by molar-refractivity contribution is 7.97. The van der Waals surface area contributed by atoms with E-state index in [0.717, 1.165) is 47.9 Å². The summed E-state index contributed by atoms with van der Waals surface area (Å²) >= 11 is 1.14. The molecule has 3 rings (SSSR count). The molecule has 1 aliphatic carbocycles. The molecule has 1 aliphatic rings. The Morgan fingerprint density at radius 2 is 2.11 bits per heavy atom. The summed E-state index contributed by atoms with van der Waals surface area (Å²) in [5.41, 5.74) is 4.52. The van der Waals surface area contributed by atoms with Crippen LogP contribution < -0.4 is 10.0 Å². The number of anilines is 1. The summed E-state index contributed by atoms with van der Waals surface area (Å²) < 4.78 is 4.64. The highest BCUT2D eigenvalue weighted by atomic mass is 32.2. The van der Waals surface area contributed by atoms with E-state index in [1.165, 1.54) is 17.6 Å². The molecule has 0 spiro atoms. The zero-order valence-electron chi connectivity index (χ0n) is 20.7. The third-order valence-electron chi connectivity index (χ3n) is 5.61.